The number of hydrogen-bond donors (Lipinski definition) is 1. The summed E-state index contributed by atoms with van der Waals surface area (Å²) in [4.78, 5) is 4.24. The minimum atomic E-state index is -0.468. The molecule has 2 aromatic carbocycles. The van der Waals surface area contributed by atoms with Crippen molar-refractivity contribution >= 4 is 17.3 Å². The number of anilines is 1. The second-order valence-electron chi connectivity index (χ2n) is 4.49. The molecular formula is C15H11ClFN3O. The van der Waals surface area contributed by atoms with Crippen molar-refractivity contribution in [2.24, 2.45) is 0 Å². The summed E-state index contributed by atoms with van der Waals surface area (Å²) in [6.45, 7) is 0. The zero-order valence-corrected chi connectivity index (χ0v) is 11.6. The van der Waals surface area contributed by atoms with Gasteiger partial charge in [0.2, 0.25) is 0 Å². The molecule has 0 aliphatic rings. The molecule has 6 heteroatoms. The van der Waals surface area contributed by atoms with Gasteiger partial charge >= 0.3 is 0 Å². The SMILES string of the molecule is Nc1ccccc1-c1nc(Cc2cccc(Cl)c2F)no1. The van der Waals surface area contributed by atoms with Gasteiger partial charge in [-0.2, -0.15) is 4.98 Å². The summed E-state index contributed by atoms with van der Waals surface area (Å²) >= 11 is 5.75. The molecule has 4 nitrogen and oxygen atoms in total. The van der Waals surface area contributed by atoms with Crippen LogP contribution in [0.2, 0.25) is 5.02 Å². The number of nitrogens with zero attached hydrogens (tertiary/aromatic N) is 2. The fraction of sp³-hybridized carbons (Fsp3) is 0.0667. The largest absolute Gasteiger partial charge is 0.398 e. The topological polar surface area (TPSA) is 64.9 Å². The zero-order valence-electron chi connectivity index (χ0n) is 10.9. The molecule has 1 aromatic heterocycles. The van der Waals surface area contributed by atoms with Crippen LogP contribution in [-0.2, 0) is 6.42 Å². The molecule has 0 saturated carbocycles. The third-order valence-electron chi connectivity index (χ3n) is 3.04. The van der Waals surface area contributed by atoms with Gasteiger partial charge in [-0.05, 0) is 23.8 Å². The number of nitrogen functional groups attached to an aromatic ring is 1. The fourth-order valence-electron chi connectivity index (χ4n) is 1.98. The second-order valence-corrected chi connectivity index (χ2v) is 4.90. The summed E-state index contributed by atoms with van der Waals surface area (Å²) in [6, 6.07) is 12.0. The van der Waals surface area contributed by atoms with E-state index in [4.69, 9.17) is 21.9 Å². The Morgan fingerprint density at radius 1 is 1.14 bits per heavy atom. The van der Waals surface area contributed by atoms with E-state index >= 15 is 0 Å². The quantitative estimate of drug-likeness (QED) is 0.749. The van der Waals surface area contributed by atoms with Gasteiger partial charge in [0.05, 0.1) is 10.6 Å². The molecule has 2 N–H and O–H groups in total. The van der Waals surface area contributed by atoms with Gasteiger partial charge in [0.25, 0.3) is 5.89 Å². The molecule has 0 aliphatic carbocycles. The Kier molecular flexibility index (Phi) is 3.58. The number of nitrogens with two attached hydrogens (primary N) is 1. The highest BCUT2D eigenvalue weighted by Gasteiger charge is 2.14. The van der Waals surface area contributed by atoms with Crippen molar-refractivity contribution in [1.29, 1.82) is 0 Å². The molecule has 0 amide bonds. The van der Waals surface area contributed by atoms with E-state index in [1.54, 1.807) is 24.3 Å². The van der Waals surface area contributed by atoms with E-state index in [1.165, 1.54) is 6.07 Å². The first-order valence-corrected chi connectivity index (χ1v) is 6.63. The average molecular weight is 304 g/mol. The number of rotatable bonds is 3. The first-order chi connectivity index (χ1) is 10.1. The molecule has 0 aliphatic heterocycles. The number of benzene rings is 2. The van der Waals surface area contributed by atoms with Crippen LogP contribution >= 0.6 is 11.6 Å². The van der Waals surface area contributed by atoms with Gasteiger partial charge in [-0.15, -0.1) is 0 Å². The molecule has 0 fully saturated rings. The molecule has 21 heavy (non-hydrogen) atoms. The molecule has 1 heterocycles. The van der Waals surface area contributed by atoms with Crippen molar-refractivity contribution in [2.75, 3.05) is 5.73 Å². The second kappa shape index (κ2) is 5.54. The van der Waals surface area contributed by atoms with Crippen molar-refractivity contribution in [2.45, 2.75) is 6.42 Å². The summed E-state index contributed by atoms with van der Waals surface area (Å²) in [7, 11) is 0. The number of aromatic nitrogens is 2. The number of halogens is 2. The molecule has 0 spiro atoms. The third kappa shape index (κ3) is 2.73. The number of para-hydroxylation sites is 1. The van der Waals surface area contributed by atoms with Crippen LogP contribution in [0.4, 0.5) is 10.1 Å². The molecule has 0 radical (unpaired) electrons. The van der Waals surface area contributed by atoms with Crippen LogP contribution in [0.25, 0.3) is 11.5 Å². The summed E-state index contributed by atoms with van der Waals surface area (Å²) in [5, 5.41) is 3.92. The molecule has 0 saturated heterocycles. The van der Waals surface area contributed by atoms with Gasteiger partial charge in [0.15, 0.2) is 5.82 Å². The van der Waals surface area contributed by atoms with E-state index < -0.39 is 5.82 Å². The van der Waals surface area contributed by atoms with Gasteiger partial charge in [0.1, 0.15) is 5.82 Å². The smallest absolute Gasteiger partial charge is 0.260 e. The van der Waals surface area contributed by atoms with Crippen LogP contribution in [0.3, 0.4) is 0 Å². The van der Waals surface area contributed by atoms with Crippen LogP contribution in [0, 0.1) is 5.82 Å². The summed E-state index contributed by atoms with van der Waals surface area (Å²) in [5.41, 5.74) is 7.46. The standard InChI is InChI=1S/C15H11ClFN3O/c16-11-6-3-4-9(14(11)17)8-13-19-15(21-20-13)10-5-1-2-7-12(10)18/h1-7H,8,18H2. The highest BCUT2D eigenvalue weighted by Crippen LogP contribution is 2.25. The van der Waals surface area contributed by atoms with Gasteiger partial charge in [-0.3, -0.25) is 0 Å². The summed E-state index contributed by atoms with van der Waals surface area (Å²) < 4.78 is 19.0. The lowest BCUT2D eigenvalue weighted by Crippen LogP contribution is -1.95. The molecule has 3 rings (SSSR count). The van der Waals surface area contributed by atoms with E-state index in [1.807, 2.05) is 12.1 Å². The van der Waals surface area contributed by atoms with Crippen LogP contribution in [-0.4, -0.2) is 10.1 Å². The monoisotopic (exact) mass is 303 g/mol. The first-order valence-electron chi connectivity index (χ1n) is 6.25. The van der Waals surface area contributed by atoms with Crippen LogP contribution < -0.4 is 5.73 Å². The van der Waals surface area contributed by atoms with Gasteiger partial charge in [-0.1, -0.05) is 41.0 Å². The van der Waals surface area contributed by atoms with Gasteiger partial charge in [0, 0.05) is 12.1 Å². The maximum atomic E-state index is 13.8. The van der Waals surface area contributed by atoms with Crippen molar-refractivity contribution in [3.63, 3.8) is 0 Å². The highest BCUT2D eigenvalue weighted by molar-refractivity contribution is 6.30. The van der Waals surface area contributed by atoms with Crippen LogP contribution in [0.5, 0.6) is 0 Å². The van der Waals surface area contributed by atoms with E-state index in [9.17, 15) is 4.39 Å². The number of hydrogen-bond acceptors (Lipinski definition) is 4. The van der Waals surface area contributed by atoms with Crippen molar-refractivity contribution in [3.05, 3.63) is 64.7 Å². The Labute approximate surface area is 125 Å². The first kappa shape index (κ1) is 13.6. The Hall–Kier alpha value is -2.40. The van der Waals surface area contributed by atoms with E-state index in [0.29, 0.717) is 28.5 Å². The summed E-state index contributed by atoms with van der Waals surface area (Å²) in [6.07, 6.45) is 0.197. The molecule has 0 bridgehead atoms. The predicted molar refractivity (Wildman–Crippen MR) is 78.4 cm³/mol. The minimum Gasteiger partial charge on any atom is -0.398 e. The normalized spacial score (nSPS) is 10.8. The zero-order chi connectivity index (χ0) is 14.8. The Balaban J connectivity index is 1.89. The third-order valence-corrected chi connectivity index (χ3v) is 3.33. The lowest BCUT2D eigenvalue weighted by atomic mass is 10.1. The van der Waals surface area contributed by atoms with Crippen molar-refractivity contribution < 1.29 is 8.91 Å². The van der Waals surface area contributed by atoms with Crippen molar-refractivity contribution in [1.82, 2.24) is 10.1 Å². The molecule has 0 unspecified atom stereocenters. The Morgan fingerprint density at radius 2 is 1.95 bits per heavy atom. The lowest BCUT2D eigenvalue weighted by Gasteiger charge is -2.00. The Bertz CT molecular complexity index is 788. The van der Waals surface area contributed by atoms with Crippen LogP contribution in [0.15, 0.2) is 47.0 Å². The van der Waals surface area contributed by atoms with Crippen molar-refractivity contribution in [3.8, 4) is 11.5 Å². The highest BCUT2D eigenvalue weighted by atomic mass is 35.5. The fourth-order valence-corrected chi connectivity index (χ4v) is 2.18. The van der Waals surface area contributed by atoms with Gasteiger partial charge in [-0.25, -0.2) is 4.39 Å². The molecular weight excluding hydrogens is 293 g/mol. The molecule has 3 aromatic rings. The van der Waals surface area contributed by atoms with E-state index in [0.717, 1.165) is 0 Å². The maximum absolute atomic E-state index is 13.8. The lowest BCUT2D eigenvalue weighted by molar-refractivity contribution is 0.423. The predicted octanol–water partition coefficient (Wildman–Crippen LogP) is 3.70. The molecule has 106 valence electrons. The van der Waals surface area contributed by atoms with E-state index in [-0.39, 0.29) is 11.4 Å². The maximum Gasteiger partial charge on any atom is 0.260 e. The minimum absolute atomic E-state index is 0.0727. The van der Waals surface area contributed by atoms with Crippen LogP contribution in [0.1, 0.15) is 11.4 Å². The Morgan fingerprint density at radius 3 is 2.76 bits per heavy atom. The van der Waals surface area contributed by atoms with Gasteiger partial charge < -0.3 is 10.3 Å². The summed E-state index contributed by atoms with van der Waals surface area (Å²) in [5.74, 6) is 0.213. The average Bonchev–Trinajstić information content (AvgIpc) is 2.93. The van der Waals surface area contributed by atoms with E-state index in [2.05, 4.69) is 10.1 Å². The molecule has 0 atom stereocenters.